The van der Waals surface area contributed by atoms with E-state index < -0.39 is 0 Å². The molecule has 0 unspecified atom stereocenters. The number of nitrogens with zero attached hydrogens (tertiary/aromatic N) is 3. The molecule has 1 saturated heterocycles. The maximum absolute atomic E-state index is 14.0. The molecule has 3 aromatic carbocycles. The molecule has 1 fully saturated rings. The SMILES string of the molecule is CCCCN1CCN(CCCOc2cc(C(=O)N3CC[C@H](C)Nc4ccccc43)ccc2-c2ccc3[nH]ccc3c2)CC1. The molecule has 6 rings (SSSR count). The number of hydrogen-bond donors (Lipinski definition) is 2. The first-order chi connectivity index (χ1) is 21.1. The van der Waals surface area contributed by atoms with E-state index in [0.717, 1.165) is 84.7 Å². The fraction of sp³-hybridized carbons (Fsp3) is 0.417. The third-order valence-electron chi connectivity index (χ3n) is 8.89. The van der Waals surface area contributed by atoms with Crippen LogP contribution in [0, 0.1) is 0 Å². The van der Waals surface area contributed by atoms with E-state index in [2.05, 4.69) is 70.3 Å². The average Bonchev–Trinajstić information content (AvgIpc) is 3.44. The van der Waals surface area contributed by atoms with E-state index in [9.17, 15) is 4.79 Å². The molecule has 7 nitrogen and oxygen atoms in total. The van der Waals surface area contributed by atoms with Crippen LogP contribution in [0.2, 0.25) is 0 Å². The zero-order valence-electron chi connectivity index (χ0n) is 25.6. The van der Waals surface area contributed by atoms with Gasteiger partial charge in [0.2, 0.25) is 0 Å². The maximum atomic E-state index is 14.0. The number of benzene rings is 3. The van der Waals surface area contributed by atoms with Gasteiger partial charge in [0.15, 0.2) is 0 Å². The van der Waals surface area contributed by atoms with E-state index in [1.165, 1.54) is 19.4 Å². The Labute approximate surface area is 255 Å². The number of H-pyrrole nitrogens is 1. The predicted octanol–water partition coefficient (Wildman–Crippen LogP) is 6.87. The highest BCUT2D eigenvalue weighted by Gasteiger charge is 2.25. The zero-order chi connectivity index (χ0) is 29.6. The fourth-order valence-corrected chi connectivity index (χ4v) is 6.30. The van der Waals surface area contributed by atoms with Crippen LogP contribution in [0.1, 0.15) is 49.9 Å². The number of para-hydroxylation sites is 2. The Hall–Kier alpha value is -3.81. The molecule has 43 heavy (non-hydrogen) atoms. The van der Waals surface area contributed by atoms with Crippen molar-refractivity contribution in [2.24, 2.45) is 0 Å². The van der Waals surface area contributed by atoms with Crippen LogP contribution in [0.3, 0.4) is 0 Å². The van der Waals surface area contributed by atoms with Gasteiger partial charge in [-0.2, -0.15) is 0 Å². The average molecular weight is 580 g/mol. The van der Waals surface area contributed by atoms with Crippen LogP contribution < -0.4 is 15.0 Å². The van der Waals surface area contributed by atoms with Gasteiger partial charge in [-0.15, -0.1) is 0 Å². The van der Waals surface area contributed by atoms with Crippen molar-refractivity contribution in [3.63, 3.8) is 0 Å². The van der Waals surface area contributed by atoms with E-state index in [4.69, 9.17) is 4.74 Å². The van der Waals surface area contributed by atoms with Crippen LogP contribution in [-0.2, 0) is 0 Å². The number of aromatic amines is 1. The summed E-state index contributed by atoms with van der Waals surface area (Å²) in [6.45, 7) is 12.5. The number of ether oxygens (including phenoxy) is 1. The Kier molecular flexibility index (Phi) is 9.30. The summed E-state index contributed by atoms with van der Waals surface area (Å²) in [4.78, 5) is 24.4. The van der Waals surface area contributed by atoms with E-state index in [1.807, 2.05) is 41.4 Å². The Morgan fingerprint density at radius 2 is 1.70 bits per heavy atom. The van der Waals surface area contributed by atoms with Crippen molar-refractivity contribution < 1.29 is 9.53 Å². The van der Waals surface area contributed by atoms with E-state index in [0.29, 0.717) is 24.8 Å². The third-order valence-corrected chi connectivity index (χ3v) is 8.89. The normalized spacial score (nSPS) is 17.8. The number of hydrogen-bond acceptors (Lipinski definition) is 5. The predicted molar refractivity (Wildman–Crippen MR) is 177 cm³/mol. The van der Waals surface area contributed by atoms with Crippen LogP contribution in [0.25, 0.3) is 22.0 Å². The molecule has 1 amide bonds. The first-order valence-corrected chi connectivity index (χ1v) is 16.1. The summed E-state index contributed by atoms with van der Waals surface area (Å²) in [7, 11) is 0. The number of rotatable bonds is 10. The highest BCUT2D eigenvalue weighted by molar-refractivity contribution is 6.08. The molecule has 226 valence electrons. The van der Waals surface area contributed by atoms with Gasteiger partial charge in [0.05, 0.1) is 18.0 Å². The molecular weight excluding hydrogens is 534 g/mol. The molecule has 0 bridgehead atoms. The van der Waals surface area contributed by atoms with Crippen molar-refractivity contribution in [3.05, 3.63) is 78.5 Å². The van der Waals surface area contributed by atoms with Gasteiger partial charge in [0.1, 0.15) is 5.75 Å². The van der Waals surface area contributed by atoms with E-state index >= 15 is 0 Å². The second-order valence-electron chi connectivity index (χ2n) is 12.0. The number of anilines is 2. The monoisotopic (exact) mass is 579 g/mol. The molecule has 0 radical (unpaired) electrons. The van der Waals surface area contributed by atoms with Gasteiger partial charge in [-0.05, 0) is 92.2 Å². The smallest absolute Gasteiger partial charge is 0.258 e. The Bertz CT molecular complexity index is 1520. The Balaban J connectivity index is 1.20. The molecule has 3 heterocycles. The highest BCUT2D eigenvalue weighted by Crippen LogP contribution is 2.35. The van der Waals surface area contributed by atoms with Crippen LogP contribution in [-0.4, -0.2) is 79.2 Å². The lowest BCUT2D eigenvalue weighted by Crippen LogP contribution is -2.46. The summed E-state index contributed by atoms with van der Waals surface area (Å²) in [5.74, 6) is 0.765. The third kappa shape index (κ3) is 6.89. The molecule has 2 aliphatic heterocycles. The summed E-state index contributed by atoms with van der Waals surface area (Å²) in [6.07, 6.45) is 6.34. The number of nitrogens with one attached hydrogen (secondary N) is 2. The van der Waals surface area contributed by atoms with Gasteiger partial charge in [0, 0.05) is 68.2 Å². The van der Waals surface area contributed by atoms with Crippen molar-refractivity contribution in [2.75, 3.05) is 62.6 Å². The second kappa shape index (κ2) is 13.7. The van der Waals surface area contributed by atoms with Gasteiger partial charge in [0.25, 0.3) is 5.91 Å². The lowest BCUT2D eigenvalue weighted by Gasteiger charge is -2.34. The number of aromatic nitrogens is 1. The number of amides is 1. The molecule has 0 aliphatic carbocycles. The summed E-state index contributed by atoms with van der Waals surface area (Å²) in [5.41, 5.74) is 5.78. The number of carbonyl (C=O) groups excluding carboxylic acids is 1. The van der Waals surface area contributed by atoms with E-state index in [-0.39, 0.29) is 5.91 Å². The maximum Gasteiger partial charge on any atom is 0.258 e. The quantitative estimate of drug-likeness (QED) is 0.201. The Morgan fingerprint density at radius 3 is 2.51 bits per heavy atom. The van der Waals surface area contributed by atoms with Crippen LogP contribution in [0.15, 0.2) is 72.9 Å². The van der Waals surface area contributed by atoms with Gasteiger partial charge in [-0.3, -0.25) is 4.79 Å². The van der Waals surface area contributed by atoms with Gasteiger partial charge in [-0.25, -0.2) is 0 Å². The lowest BCUT2D eigenvalue weighted by atomic mass is 10.0. The van der Waals surface area contributed by atoms with E-state index in [1.54, 1.807) is 0 Å². The van der Waals surface area contributed by atoms with Gasteiger partial charge in [-0.1, -0.05) is 31.5 Å². The highest BCUT2D eigenvalue weighted by atomic mass is 16.5. The molecule has 2 N–H and O–H groups in total. The topological polar surface area (TPSA) is 63.8 Å². The van der Waals surface area contributed by atoms with Crippen molar-refractivity contribution >= 4 is 28.2 Å². The fourth-order valence-electron chi connectivity index (χ4n) is 6.30. The minimum atomic E-state index is 0.00165. The lowest BCUT2D eigenvalue weighted by molar-refractivity contribution is 0.0986. The molecular formula is C36H45N5O2. The minimum absolute atomic E-state index is 0.00165. The molecule has 1 atom stereocenters. The van der Waals surface area contributed by atoms with Crippen molar-refractivity contribution in [1.29, 1.82) is 0 Å². The molecule has 4 aromatic rings. The summed E-state index contributed by atoms with van der Waals surface area (Å²) in [5, 5.41) is 4.71. The summed E-state index contributed by atoms with van der Waals surface area (Å²) in [6, 6.07) is 22.9. The number of piperazine rings is 1. The minimum Gasteiger partial charge on any atom is -0.493 e. The molecule has 2 aliphatic rings. The molecule has 7 heteroatoms. The summed E-state index contributed by atoms with van der Waals surface area (Å²) < 4.78 is 6.51. The number of carbonyl (C=O) groups is 1. The van der Waals surface area contributed by atoms with Crippen molar-refractivity contribution in [3.8, 4) is 16.9 Å². The van der Waals surface area contributed by atoms with Gasteiger partial charge >= 0.3 is 0 Å². The van der Waals surface area contributed by atoms with Crippen LogP contribution in [0.5, 0.6) is 5.75 Å². The first-order valence-electron chi connectivity index (χ1n) is 16.1. The number of fused-ring (bicyclic) bond motifs is 2. The van der Waals surface area contributed by atoms with Crippen molar-refractivity contribution in [2.45, 2.75) is 45.6 Å². The second-order valence-corrected chi connectivity index (χ2v) is 12.0. The molecule has 1 aromatic heterocycles. The zero-order valence-corrected chi connectivity index (χ0v) is 25.6. The summed E-state index contributed by atoms with van der Waals surface area (Å²) >= 11 is 0. The first kappa shape index (κ1) is 29.3. The van der Waals surface area contributed by atoms with Crippen LogP contribution in [0.4, 0.5) is 11.4 Å². The molecule has 0 spiro atoms. The standard InChI is InChI=1S/C36H45N5O2/c1-3-4-17-39-20-22-40(23-21-39)18-7-24-43-35-26-30(10-12-31(35)28-11-13-32-29(25-28)14-16-37-32)36(42)41-19-15-27(2)38-33-8-5-6-9-34(33)41/h5-6,8-14,16,25-27,37-38H,3-4,7,15,17-24H2,1-2H3/t27-/m0/s1. The van der Waals surface area contributed by atoms with Crippen LogP contribution >= 0.6 is 0 Å². The van der Waals surface area contributed by atoms with Crippen molar-refractivity contribution in [1.82, 2.24) is 14.8 Å². The largest absolute Gasteiger partial charge is 0.493 e. The number of unbranched alkanes of at least 4 members (excludes halogenated alkanes) is 1. The molecule has 0 saturated carbocycles. The van der Waals surface area contributed by atoms with Gasteiger partial charge < -0.3 is 29.7 Å². The Morgan fingerprint density at radius 1 is 0.907 bits per heavy atom.